The highest BCUT2D eigenvalue weighted by Crippen LogP contribution is 2.18. The van der Waals surface area contributed by atoms with E-state index in [1.165, 1.54) is 19.3 Å². The lowest BCUT2D eigenvalue weighted by Crippen LogP contribution is -2.39. The number of likely N-dealkylation sites (N-methyl/N-ethyl adjacent to an activating group) is 1. The molecular weight excluding hydrogens is 200 g/mol. The van der Waals surface area contributed by atoms with Gasteiger partial charge in [-0.1, -0.05) is 6.92 Å². The fourth-order valence-electron chi connectivity index (χ4n) is 2.36. The zero-order valence-corrected chi connectivity index (χ0v) is 11.3. The molecule has 0 saturated carbocycles. The van der Waals surface area contributed by atoms with E-state index < -0.39 is 0 Å². The van der Waals surface area contributed by atoms with E-state index >= 15 is 0 Å². The first kappa shape index (κ1) is 13.9. The maximum atomic E-state index is 5.60. The molecular formula is C13H28N2O. The average molecular weight is 228 g/mol. The van der Waals surface area contributed by atoms with Crippen LogP contribution in [0.3, 0.4) is 0 Å². The molecule has 3 unspecified atom stereocenters. The molecule has 1 heterocycles. The molecule has 1 N–H and O–H groups in total. The second kappa shape index (κ2) is 7.25. The van der Waals surface area contributed by atoms with E-state index in [1.807, 2.05) is 0 Å². The van der Waals surface area contributed by atoms with E-state index in [1.54, 1.807) is 0 Å². The number of hydrogen-bond acceptors (Lipinski definition) is 3. The van der Waals surface area contributed by atoms with E-state index in [0.29, 0.717) is 18.2 Å². The minimum absolute atomic E-state index is 0.406. The van der Waals surface area contributed by atoms with Crippen LogP contribution >= 0.6 is 0 Å². The summed E-state index contributed by atoms with van der Waals surface area (Å²) >= 11 is 0. The Kier molecular flexibility index (Phi) is 6.32. The molecule has 16 heavy (non-hydrogen) atoms. The van der Waals surface area contributed by atoms with E-state index in [0.717, 1.165) is 19.7 Å². The lowest BCUT2D eigenvalue weighted by Gasteiger charge is -2.27. The highest BCUT2D eigenvalue weighted by Gasteiger charge is 2.27. The van der Waals surface area contributed by atoms with Gasteiger partial charge in [-0.25, -0.2) is 0 Å². The summed E-state index contributed by atoms with van der Waals surface area (Å²) in [5, 5.41) is 3.53. The van der Waals surface area contributed by atoms with Crippen LogP contribution in [0.15, 0.2) is 0 Å². The molecule has 1 rings (SSSR count). The number of ether oxygens (including phenoxy) is 1. The van der Waals surface area contributed by atoms with Crippen LogP contribution in [0.5, 0.6) is 0 Å². The van der Waals surface area contributed by atoms with Gasteiger partial charge in [-0.2, -0.15) is 0 Å². The fraction of sp³-hybridized carbons (Fsp3) is 1.00. The van der Waals surface area contributed by atoms with Crippen molar-refractivity contribution >= 4 is 0 Å². The number of hydrogen-bond donors (Lipinski definition) is 1. The molecule has 0 aliphatic carbocycles. The van der Waals surface area contributed by atoms with Crippen molar-refractivity contribution in [1.29, 1.82) is 0 Å². The molecule has 1 fully saturated rings. The maximum absolute atomic E-state index is 5.60. The molecule has 96 valence electrons. The molecule has 0 aromatic carbocycles. The lowest BCUT2D eigenvalue weighted by atomic mass is 10.1. The first-order valence-corrected chi connectivity index (χ1v) is 6.70. The molecule has 3 nitrogen and oxygen atoms in total. The molecule has 0 bridgehead atoms. The molecule has 0 aromatic rings. The average Bonchev–Trinajstić information content (AvgIpc) is 2.69. The normalized spacial score (nSPS) is 27.6. The van der Waals surface area contributed by atoms with Crippen LogP contribution in [0.2, 0.25) is 0 Å². The number of nitrogens with zero attached hydrogens (tertiary/aromatic N) is 1. The van der Waals surface area contributed by atoms with Crippen LogP contribution in [-0.2, 0) is 4.74 Å². The summed E-state index contributed by atoms with van der Waals surface area (Å²) in [5.41, 5.74) is 0. The first-order chi connectivity index (χ1) is 7.65. The van der Waals surface area contributed by atoms with E-state index in [2.05, 4.69) is 38.0 Å². The van der Waals surface area contributed by atoms with Crippen molar-refractivity contribution in [1.82, 2.24) is 10.2 Å². The predicted molar refractivity (Wildman–Crippen MR) is 68.8 cm³/mol. The predicted octanol–water partition coefficient (Wildman–Crippen LogP) is 1.87. The molecule has 3 heteroatoms. The summed E-state index contributed by atoms with van der Waals surface area (Å²) in [6.45, 7) is 9.90. The first-order valence-electron chi connectivity index (χ1n) is 6.70. The summed E-state index contributed by atoms with van der Waals surface area (Å²) in [6, 6.07) is 1.25. The summed E-state index contributed by atoms with van der Waals surface area (Å²) in [5.74, 6) is 0. The largest absolute Gasteiger partial charge is 0.377 e. The van der Waals surface area contributed by atoms with Crippen molar-refractivity contribution in [2.45, 2.75) is 58.2 Å². The van der Waals surface area contributed by atoms with Crippen LogP contribution < -0.4 is 5.32 Å². The minimum atomic E-state index is 0.406. The van der Waals surface area contributed by atoms with Gasteiger partial charge in [-0.15, -0.1) is 0 Å². The quantitative estimate of drug-likeness (QED) is 0.720. The summed E-state index contributed by atoms with van der Waals surface area (Å²) in [7, 11) is 2.22. The minimum Gasteiger partial charge on any atom is -0.377 e. The molecule has 3 atom stereocenters. The van der Waals surface area contributed by atoms with Gasteiger partial charge in [0.25, 0.3) is 0 Å². The second-order valence-electron chi connectivity index (χ2n) is 5.06. The Hall–Kier alpha value is -0.120. The van der Waals surface area contributed by atoms with Gasteiger partial charge < -0.3 is 15.0 Å². The van der Waals surface area contributed by atoms with Gasteiger partial charge in [0.05, 0.1) is 6.10 Å². The van der Waals surface area contributed by atoms with Crippen LogP contribution in [0.4, 0.5) is 0 Å². The Morgan fingerprint density at radius 2 is 2.25 bits per heavy atom. The van der Waals surface area contributed by atoms with Crippen LogP contribution in [-0.4, -0.2) is 49.8 Å². The smallest absolute Gasteiger partial charge is 0.0702 e. The van der Waals surface area contributed by atoms with Gasteiger partial charge in [0, 0.05) is 18.7 Å². The van der Waals surface area contributed by atoms with E-state index in [-0.39, 0.29) is 0 Å². The van der Waals surface area contributed by atoms with Crippen LogP contribution in [0.25, 0.3) is 0 Å². The zero-order chi connectivity index (χ0) is 12.0. The standard InChI is InChI=1S/C13H28N2O/c1-5-8-14-11(2)6-9-15(4)13-7-10-16-12(13)3/h11-14H,5-10H2,1-4H3. The summed E-state index contributed by atoms with van der Waals surface area (Å²) in [4.78, 5) is 2.46. The van der Waals surface area contributed by atoms with Crippen LogP contribution in [0, 0.1) is 0 Å². The van der Waals surface area contributed by atoms with E-state index in [4.69, 9.17) is 4.74 Å². The van der Waals surface area contributed by atoms with Gasteiger partial charge >= 0.3 is 0 Å². The van der Waals surface area contributed by atoms with Crippen LogP contribution in [0.1, 0.15) is 40.0 Å². The Morgan fingerprint density at radius 3 is 2.81 bits per heavy atom. The van der Waals surface area contributed by atoms with Crippen molar-refractivity contribution in [3.8, 4) is 0 Å². The van der Waals surface area contributed by atoms with E-state index in [9.17, 15) is 0 Å². The monoisotopic (exact) mass is 228 g/mol. The second-order valence-corrected chi connectivity index (χ2v) is 5.06. The lowest BCUT2D eigenvalue weighted by molar-refractivity contribution is 0.0825. The maximum Gasteiger partial charge on any atom is 0.0702 e. The van der Waals surface area contributed by atoms with Gasteiger partial charge in [0.15, 0.2) is 0 Å². The number of nitrogens with one attached hydrogen (secondary N) is 1. The number of rotatable bonds is 7. The topological polar surface area (TPSA) is 24.5 Å². The Bertz CT molecular complexity index is 187. The van der Waals surface area contributed by atoms with Gasteiger partial charge in [-0.3, -0.25) is 0 Å². The third-order valence-corrected chi connectivity index (χ3v) is 3.56. The molecule has 0 spiro atoms. The molecule has 1 aliphatic rings. The van der Waals surface area contributed by atoms with Crippen molar-refractivity contribution in [3.63, 3.8) is 0 Å². The van der Waals surface area contributed by atoms with Gasteiger partial charge in [0.1, 0.15) is 0 Å². The molecule has 0 amide bonds. The summed E-state index contributed by atoms with van der Waals surface area (Å²) in [6.07, 6.45) is 4.03. The molecule has 0 aromatic heterocycles. The fourth-order valence-corrected chi connectivity index (χ4v) is 2.36. The Morgan fingerprint density at radius 1 is 1.50 bits per heavy atom. The van der Waals surface area contributed by atoms with Gasteiger partial charge in [-0.05, 0) is 53.2 Å². The summed E-state index contributed by atoms with van der Waals surface area (Å²) < 4.78 is 5.60. The highest BCUT2D eigenvalue weighted by molar-refractivity contribution is 4.80. The Balaban J connectivity index is 2.16. The van der Waals surface area contributed by atoms with Crippen molar-refractivity contribution in [2.24, 2.45) is 0 Å². The van der Waals surface area contributed by atoms with Crippen molar-refractivity contribution in [3.05, 3.63) is 0 Å². The van der Waals surface area contributed by atoms with Crippen molar-refractivity contribution in [2.75, 3.05) is 26.7 Å². The third kappa shape index (κ3) is 4.40. The third-order valence-electron chi connectivity index (χ3n) is 3.56. The SMILES string of the molecule is CCCNC(C)CCN(C)C1CCOC1C. The van der Waals surface area contributed by atoms with Gasteiger partial charge in [0.2, 0.25) is 0 Å². The molecule has 1 aliphatic heterocycles. The zero-order valence-electron chi connectivity index (χ0n) is 11.3. The molecule has 1 saturated heterocycles. The highest BCUT2D eigenvalue weighted by atomic mass is 16.5. The molecule has 0 radical (unpaired) electrons. The Labute approximate surface area is 101 Å². The van der Waals surface area contributed by atoms with Crippen molar-refractivity contribution < 1.29 is 4.74 Å².